The fraction of sp³-hybridized carbons (Fsp3) is 0.577. The van der Waals surface area contributed by atoms with Crippen LogP contribution < -0.4 is 24.4 Å². The summed E-state index contributed by atoms with van der Waals surface area (Å²) in [5.74, 6) is -1.04. The lowest BCUT2D eigenvalue weighted by atomic mass is 10.1. The number of aromatic nitrogens is 2. The first-order valence-electron chi connectivity index (χ1n) is 13.4. The number of amides is 2. The average Bonchev–Trinajstić information content (AvgIpc) is 3.34. The van der Waals surface area contributed by atoms with Crippen molar-refractivity contribution in [1.29, 1.82) is 0 Å². The number of nitrogens with zero attached hydrogens (tertiary/aromatic N) is 3. The van der Waals surface area contributed by atoms with Crippen LogP contribution in [0.3, 0.4) is 0 Å². The first-order valence-corrected chi connectivity index (χ1v) is 14.8. The summed E-state index contributed by atoms with van der Waals surface area (Å²) in [6.45, 7) is 6.11. The van der Waals surface area contributed by atoms with Gasteiger partial charge in [0.25, 0.3) is 21.8 Å². The highest BCUT2D eigenvalue weighted by atomic mass is 32.2. The second-order valence-corrected chi connectivity index (χ2v) is 13.0. The predicted octanol–water partition coefficient (Wildman–Crippen LogP) is 2.57. The average molecular weight is 652 g/mol. The molecule has 1 unspecified atom stereocenters. The first kappa shape index (κ1) is 34.7. The minimum absolute atomic E-state index is 0.00838. The number of hydrogen-bond acceptors (Lipinski definition) is 10. The molecule has 0 saturated carbocycles. The Morgan fingerprint density at radius 1 is 1.20 bits per heavy atom. The molecule has 0 bridgehead atoms. The van der Waals surface area contributed by atoms with Gasteiger partial charge in [0.1, 0.15) is 24.1 Å². The number of carbonyl (C=O) groups is 2. The smallest absolute Gasteiger partial charge is 0.427 e. The molecule has 14 nitrogen and oxygen atoms in total. The number of hydrogen-bond donors (Lipinski definition) is 4. The number of aliphatic hydroxyl groups excluding tert-OH is 1. The van der Waals surface area contributed by atoms with Crippen molar-refractivity contribution in [3.63, 3.8) is 0 Å². The van der Waals surface area contributed by atoms with Gasteiger partial charge >= 0.3 is 12.3 Å². The van der Waals surface area contributed by atoms with Crippen molar-refractivity contribution in [2.75, 3.05) is 35.9 Å². The highest BCUT2D eigenvalue weighted by Gasteiger charge is 2.51. The number of anilines is 2. The number of nitrogens with one attached hydrogen (secondary N) is 2. The third-order valence-electron chi connectivity index (χ3n) is 6.31. The maximum Gasteiger partial charge on any atom is 0.427 e. The van der Waals surface area contributed by atoms with Gasteiger partial charge in [0.15, 0.2) is 4.90 Å². The van der Waals surface area contributed by atoms with E-state index in [-0.39, 0.29) is 53.6 Å². The van der Waals surface area contributed by atoms with Crippen LogP contribution in [-0.2, 0) is 19.6 Å². The number of alkyl halides is 3. The Morgan fingerprint density at radius 2 is 1.86 bits per heavy atom. The molecule has 2 aromatic rings. The highest BCUT2D eigenvalue weighted by molar-refractivity contribution is 7.93. The molecule has 3 rings (SSSR count). The van der Waals surface area contributed by atoms with Crippen molar-refractivity contribution < 1.29 is 55.6 Å². The molecular weight excluding hydrogens is 615 g/mol. The summed E-state index contributed by atoms with van der Waals surface area (Å²) in [6, 6.07) is 3.43. The number of halogens is 3. The summed E-state index contributed by atoms with van der Waals surface area (Å²) in [7, 11) is -4.53. The van der Waals surface area contributed by atoms with Crippen molar-refractivity contribution in [1.82, 2.24) is 15.1 Å². The molecule has 4 N–H and O–H groups in total. The fourth-order valence-corrected chi connectivity index (χ4v) is 5.30. The van der Waals surface area contributed by atoms with E-state index in [2.05, 4.69) is 20.5 Å². The zero-order chi connectivity index (χ0) is 33.3. The molecule has 0 saturated heterocycles. The van der Waals surface area contributed by atoms with Gasteiger partial charge in [0.05, 0.1) is 25.4 Å². The van der Waals surface area contributed by atoms with E-state index >= 15 is 0 Å². The van der Waals surface area contributed by atoms with E-state index in [1.54, 1.807) is 13.8 Å². The van der Waals surface area contributed by atoms with Gasteiger partial charge < -0.3 is 29.7 Å². The van der Waals surface area contributed by atoms with E-state index in [4.69, 9.17) is 9.47 Å². The summed E-state index contributed by atoms with van der Waals surface area (Å²) >= 11 is 0. The molecule has 0 fully saturated rings. The van der Waals surface area contributed by atoms with E-state index in [1.807, 2.05) is 0 Å². The van der Waals surface area contributed by atoms with E-state index in [1.165, 1.54) is 42.9 Å². The van der Waals surface area contributed by atoms with Gasteiger partial charge in [-0.3, -0.25) is 19.1 Å². The fourth-order valence-electron chi connectivity index (χ4n) is 3.74. The lowest BCUT2D eigenvalue weighted by molar-refractivity contribution is -0.242. The van der Waals surface area contributed by atoms with Crippen LogP contribution in [0.5, 0.6) is 11.6 Å². The quantitative estimate of drug-likeness (QED) is 0.282. The molecule has 2 amide bonds. The molecule has 1 aromatic carbocycles. The number of aliphatic hydroxyl groups is 2. The summed E-state index contributed by atoms with van der Waals surface area (Å²) in [5.41, 5.74) is -4.75. The van der Waals surface area contributed by atoms with Crippen molar-refractivity contribution in [3.05, 3.63) is 24.4 Å². The Balaban J connectivity index is 2.04. The number of carbonyl (C=O) groups excluding carboxylic acids is 2. The predicted molar refractivity (Wildman–Crippen MR) is 150 cm³/mol. The number of benzene rings is 1. The van der Waals surface area contributed by atoms with E-state index in [9.17, 15) is 41.4 Å². The van der Waals surface area contributed by atoms with Gasteiger partial charge in [-0.25, -0.2) is 13.2 Å². The lowest BCUT2D eigenvalue weighted by Crippen LogP contribution is -2.51. The Hall–Kier alpha value is -3.77. The second kappa shape index (κ2) is 12.7. The van der Waals surface area contributed by atoms with Crippen LogP contribution in [0.15, 0.2) is 29.3 Å². The van der Waals surface area contributed by atoms with Crippen LogP contribution in [0.25, 0.3) is 0 Å². The molecule has 1 aromatic heterocycles. The topological polar surface area (TPSA) is 182 Å². The summed E-state index contributed by atoms with van der Waals surface area (Å²) in [5, 5.41) is 28.0. The van der Waals surface area contributed by atoms with Gasteiger partial charge in [-0.1, -0.05) is 0 Å². The maximum absolute atomic E-state index is 14.2. The Bertz CT molecular complexity index is 1470. The van der Waals surface area contributed by atoms with Gasteiger partial charge in [-0.15, -0.1) is 5.10 Å². The SMILES string of the molecule is CC(C)n1cc(S(=O)(=O)N2CC(CNC(=O)C(C)(C)O)Oc3ccc(NC(=O)OC(C)(C)C(F)(F)F)cc32)c(OCCO)n1. The third kappa shape index (κ3) is 7.84. The molecule has 1 atom stereocenters. The summed E-state index contributed by atoms with van der Waals surface area (Å²) in [4.78, 5) is 24.2. The van der Waals surface area contributed by atoms with Gasteiger partial charge in [-0.05, 0) is 59.7 Å². The molecule has 2 heterocycles. The monoisotopic (exact) mass is 651 g/mol. The van der Waals surface area contributed by atoms with Crippen molar-refractivity contribution in [2.45, 2.75) is 76.0 Å². The van der Waals surface area contributed by atoms with Crippen molar-refractivity contribution in [2.24, 2.45) is 0 Å². The minimum atomic E-state index is -4.86. The second-order valence-electron chi connectivity index (χ2n) is 11.2. The molecule has 1 aliphatic rings. The normalized spacial score (nSPS) is 15.8. The van der Waals surface area contributed by atoms with E-state index in [0.29, 0.717) is 13.8 Å². The number of sulfonamides is 1. The molecule has 0 radical (unpaired) electrons. The zero-order valence-electron chi connectivity index (χ0n) is 24.9. The Labute approximate surface area is 252 Å². The molecule has 0 spiro atoms. The lowest BCUT2D eigenvalue weighted by Gasteiger charge is -2.36. The van der Waals surface area contributed by atoms with Crippen LogP contribution in [-0.4, -0.2) is 90.2 Å². The summed E-state index contributed by atoms with van der Waals surface area (Å²) < 4.78 is 86.1. The standard InChI is InChI=1S/C26H36F3N5O9S/c1-15(2)33-14-20(21(32-33)41-10-9-35)44(39,40)34-13-17(12-30-22(36)24(3,4)38)42-19-8-7-16(11-18(19)34)31-23(37)43-25(5,6)26(27,28)29/h7-8,11,14-15,17,35,38H,9-10,12-13H2,1-6H3,(H,30,36)(H,31,37). The van der Waals surface area contributed by atoms with Crippen LogP contribution in [0.2, 0.25) is 0 Å². The van der Waals surface area contributed by atoms with Crippen molar-refractivity contribution in [3.8, 4) is 11.6 Å². The maximum atomic E-state index is 14.2. The molecule has 1 aliphatic heterocycles. The molecule has 18 heteroatoms. The zero-order valence-corrected chi connectivity index (χ0v) is 25.7. The molecular formula is C26H36F3N5O9S. The summed E-state index contributed by atoms with van der Waals surface area (Å²) in [6.07, 6.45) is -6.03. The first-order chi connectivity index (χ1) is 20.2. The van der Waals surface area contributed by atoms with Crippen molar-refractivity contribution >= 4 is 33.4 Å². The molecule has 246 valence electrons. The van der Waals surface area contributed by atoms with Crippen LogP contribution >= 0.6 is 0 Å². The highest BCUT2D eigenvalue weighted by Crippen LogP contribution is 2.41. The minimum Gasteiger partial charge on any atom is -0.484 e. The Morgan fingerprint density at radius 3 is 2.43 bits per heavy atom. The van der Waals surface area contributed by atoms with Crippen LogP contribution in [0, 0.1) is 0 Å². The Kier molecular flexibility index (Phi) is 10.0. The number of fused-ring (bicyclic) bond motifs is 1. The van der Waals surface area contributed by atoms with Crippen LogP contribution in [0.4, 0.5) is 29.3 Å². The van der Waals surface area contributed by atoms with Gasteiger partial charge in [0, 0.05) is 17.9 Å². The van der Waals surface area contributed by atoms with E-state index < -0.39 is 52.1 Å². The van der Waals surface area contributed by atoms with Crippen LogP contribution in [0.1, 0.15) is 47.6 Å². The number of ether oxygens (including phenoxy) is 3. The largest absolute Gasteiger partial charge is 0.484 e. The third-order valence-corrected chi connectivity index (χ3v) is 8.07. The molecule has 0 aliphatic carbocycles. The number of rotatable bonds is 11. The van der Waals surface area contributed by atoms with Gasteiger partial charge in [0.2, 0.25) is 5.60 Å². The van der Waals surface area contributed by atoms with Gasteiger partial charge in [-0.2, -0.15) is 13.2 Å². The molecule has 44 heavy (non-hydrogen) atoms. The van der Waals surface area contributed by atoms with E-state index in [0.717, 1.165) is 4.31 Å².